The molecule has 0 unspecified atom stereocenters. The molecule has 0 radical (unpaired) electrons. The van der Waals surface area contributed by atoms with Gasteiger partial charge in [0.05, 0.1) is 10.6 Å². The molecule has 2 amide bonds. The van der Waals surface area contributed by atoms with Crippen LogP contribution in [-0.4, -0.2) is 29.3 Å². The molecule has 2 aromatic carbocycles. The summed E-state index contributed by atoms with van der Waals surface area (Å²) in [5.74, 6) is -0.232. The van der Waals surface area contributed by atoms with Crippen molar-refractivity contribution in [3.63, 3.8) is 0 Å². The lowest BCUT2D eigenvalue weighted by Gasteiger charge is -2.29. The number of halogens is 1. The third-order valence-electron chi connectivity index (χ3n) is 4.38. The summed E-state index contributed by atoms with van der Waals surface area (Å²) in [6.45, 7) is 4.97. The number of nitrogens with zero attached hydrogens (tertiary/aromatic N) is 1. The van der Waals surface area contributed by atoms with Crippen LogP contribution >= 0.6 is 11.6 Å². The van der Waals surface area contributed by atoms with E-state index in [1.165, 1.54) is 0 Å². The Labute approximate surface area is 160 Å². The molecule has 0 spiro atoms. The topological polar surface area (TPSA) is 49.4 Å². The van der Waals surface area contributed by atoms with Gasteiger partial charge in [-0.3, -0.25) is 9.59 Å². The van der Waals surface area contributed by atoms with Gasteiger partial charge in [0.2, 0.25) is 5.91 Å². The van der Waals surface area contributed by atoms with E-state index in [1.54, 1.807) is 24.3 Å². The molecule has 4 nitrogen and oxygen atoms in total. The second-order valence-corrected chi connectivity index (χ2v) is 6.66. The second kappa shape index (κ2) is 9.97. The Kier molecular flexibility index (Phi) is 7.67. The fraction of sp³-hybridized carbons (Fsp3) is 0.333. The van der Waals surface area contributed by atoms with Crippen molar-refractivity contribution in [1.29, 1.82) is 0 Å². The molecule has 0 aromatic heterocycles. The van der Waals surface area contributed by atoms with Crippen LogP contribution in [0.25, 0.3) is 0 Å². The molecular formula is C21H25ClN2O2. The number of benzene rings is 2. The van der Waals surface area contributed by atoms with Crippen LogP contribution in [0.15, 0.2) is 54.6 Å². The van der Waals surface area contributed by atoms with Gasteiger partial charge in [-0.05, 0) is 31.0 Å². The molecule has 2 rings (SSSR count). The standard InChI is InChI=1S/C21H25ClN2O2/c1-3-16(2)24(15-17-9-5-4-6-10-17)20(25)13-14-23-21(26)18-11-7-8-12-19(18)22/h4-12,16H,3,13-15H2,1-2H3,(H,23,26)/t16-/m1/s1. The van der Waals surface area contributed by atoms with E-state index >= 15 is 0 Å². The molecule has 2 aromatic rings. The SMILES string of the molecule is CC[C@@H](C)N(Cc1ccccc1)C(=O)CCNC(=O)c1ccccc1Cl. The minimum Gasteiger partial charge on any atom is -0.351 e. The molecule has 0 saturated heterocycles. The van der Waals surface area contributed by atoms with Crippen LogP contribution in [0, 0.1) is 0 Å². The van der Waals surface area contributed by atoms with Crippen molar-refractivity contribution in [2.75, 3.05) is 6.54 Å². The maximum atomic E-state index is 12.7. The molecular weight excluding hydrogens is 348 g/mol. The lowest BCUT2D eigenvalue weighted by molar-refractivity contribution is -0.133. The van der Waals surface area contributed by atoms with Crippen molar-refractivity contribution < 1.29 is 9.59 Å². The molecule has 0 aliphatic rings. The van der Waals surface area contributed by atoms with E-state index in [2.05, 4.69) is 12.2 Å². The Morgan fingerprint density at radius 2 is 1.73 bits per heavy atom. The summed E-state index contributed by atoms with van der Waals surface area (Å²) in [4.78, 5) is 26.7. The van der Waals surface area contributed by atoms with Crippen LogP contribution < -0.4 is 5.32 Å². The van der Waals surface area contributed by atoms with Gasteiger partial charge in [-0.15, -0.1) is 0 Å². The highest BCUT2D eigenvalue weighted by atomic mass is 35.5. The number of hydrogen-bond acceptors (Lipinski definition) is 2. The van der Waals surface area contributed by atoms with E-state index in [1.807, 2.05) is 42.2 Å². The summed E-state index contributed by atoms with van der Waals surface area (Å²) >= 11 is 6.03. The summed E-state index contributed by atoms with van der Waals surface area (Å²) < 4.78 is 0. The minimum atomic E-state index is -0.262. The van der Waals surface area contributed by atoms with E-state index in [-0.39, 0.29) is 30.8 Å². The normalized spacial score (nSPS) is 11.7. The van der Waals surface area contributed by atoms with Crippen molar-refractivity contribution in [3.05, 3.63) is 70.7 Å². The number of rotatable bonds is 8. The Morgan fingerprint density at radius 3 is 2.38 bits per heavy atom. The molecule has 0 bridgehead atoms. The zero-order chi connectivity index (χ0) is 18.9. The van der Waals surface area contributed by atoms with E-state index in [9.17, 15) is 9.59 Å². The number of carbonyl (C=O) groups excluding carboxylic acids is 2. The molecule has 5 heteroatoms. The Balaban J connectivity index is 1.92. The van der Waals surface area contributed by atoms with Gasteiger partial charge >= 0.3 is 0 Å². The average molecular weight is 373 g/mol. The predicted molar refractivity (Wildman–Crippen MR) is 105 cm³/mol. The lowest BCUT2D eigenvalue weighted by Crippen LogP contribution is -2.39. The van der Waals surface area contributed by atoms with Crippen molar-refractivity contribution in [1.82, 2.24) is 10.2 Å². The maximum Gasteiger partial charge on any atom is 0.252 e. The number of nitrogens with one attached hydrogen (secondary N) is 1. The largest absolute Gasteiger partial charge is 0.351 e. The number of hydrogen-bond donors (Lipinski definition) is 1. The van der Waals surface area contributed by atoms with E-state index in [0.29, 0.717) is 17.1 Å². The van der Waals surface area contributed by atoms with Crippen LogP contribution in [0.4, 0.5) is 0 Å². The molecule has 26 heavy (non-hydrogen) atoms. The highest BCUT2D eigenvalue weighted by Gasteiger charge is 2.19. The molecule has 1 atom stereocenters. The van der Waals surface area contributed by atoms with Crippen molar-refractivity contribution in [3.8, 4) is 0 Å². The molecule has 1 N–H and O–H groups in total. The van der Waals surface area contributed by atoms with Crippen LogP contribution in [0.2, 0.25) is 5.02 Å². The number of amides is 2. The van der Waals surface area contributed by atoms with Crippen molar-refractivity contribution >= 4 is 23.4 Å². The van der Waals surface area contributed by atoms with Gasteiger partial charge in [-0.25, -0.2) is 0 Å². The highest BCUT2D eigenvalue weighted by Crippen LogP contribution is 2.15. The average Bonchev–Trinajstić information content (AvgIpc) is 2.66. The van der Waals surface area contributed by atoms with E-state index in [0.717, 1.165) is 12.0 Å². The van der Waals surface area contributed by atoms with Crippen LogP contribution in [0.1, 0.15) is 42.6 Å². The van der Waals surface area contributed by atoms with E-state index < -0.39 is 0 Å². The molecule has 0 fully saturated rings. The number of carbonyl (C=O) groups is 2. The summed E-state index contributed by atoms with van der Waals surface area (Å²) in [6, 6.07) is 16.9. The molecule has 0 saturated carbocycles. The third-order valence-corrected chi connectivity index (χ3v) is 4.71. The first-order valence-corrected chi connectivity index (χ1v) is 9.26. The first-order chi connectivity index (χ1) is 12.5. The first-order valence-electron chi connectivity index (χ1n) is 8.89. The van der Waals surface area contributed by atoms with Crippen molar-refractivity contribution in [2.24, 2.45) is 0 Å². The summed E-state index contributed by atoms with van der Waals surface area (Å²) in [5.41, 5.74) is 1.52. The van der Waals surface area contributed by atoms with Crippen molar-refractivity contribution in [2.45, 2.75) is 39.3 Å². The minimum absolute atomic E-state index is 0.0302. The van der Waals surface area contributed by atoms with Crippen LogP contribution in [0.3, 0.4) is 0 Å². The van der Waals surface area contributed by atoms with Gasteiger partial charge in [-0.2, -0.15) is 0 Å². The molecule has 0 heterocycles. The molecule has 0 aliphatic carbocycles. The van der Waals surface area contributed by atoms with Gasteiger partial charge < -0.3 is 10.2 Å². The highest BCUT2D eigenvalue weighted by molar-refractivity contribution is 6.33. The van der Waals surface area contributed by atoms with Gasteiger partial charge in [0, 0.05) is 25.6 Å². The van der Waals surface area contributed by atoms with Gasteiger partial charge in [-0.1, -0.05) is 61.0 Å². The fourth-order valence-electron chi connectivity index (χ4n) is 2.66. The second-order valence-electron chi connectivity index (χ2n) is 6.25. The smallest absolute Gasteiger partial charge is 0.252 e. The van der Waals surface area contributed by atoms with Crippen LogP contribution in [-0.2, 0) is 11.3 Å². The predicted octanol–water partition coefficient (Wildman–Crippen LogP) is 4.29. The van der Waals surface area contributed by atoms with Crippen LogP contribution in [0.5, 0.6) is 0 Å². The van der Waals surface area contributed by atoms with Gasteiger partial charge in [0.25, 0.3) is 5.91 Å². The Hall–Kier alpha value is -2.33. The summed E-state index contributed by atoms with van der Waals surface area (Å²) in [6.07, 6.45) is 1.14. The van der Waals surface area contributed by atoms with Gasteiger partial charge in [0.15, 0.2) is 0 Å². The fourth-order valence-corrected chi connectivity index (χ4v) is 2.88. The summed E-state index contributed by atoms with van der Waals surface area (Å²) in [5, 5.41) is 3.18. The van der Waals surface area contributed by atoms with Gasteiger partial charge in [0.1, 0.15) is 0 Å². The maximum absolute atomic E-state index is 12.7. The monoisotopic (exact) mass is 372 g/mol. The third kappa shape index (κ3) is 5.60. The Morgan fingerprint density at radius 1 is 1.08 bits per heavy atom. The molecule has 0 aliphatic heterocycles. The van der Waals surface area contributed by atoms with E-state index in [4.69, 9.17) is 11.6 Å². The molecule has 138 valence electrons. The first kappa shape index (κ1) is 20.0. The quantitative estimate of drug-likeness (QED) is 0.751. The zero-order valence-electron chi connectivity index (χ0n) is 15.2. The summed E-state index contributed by atoms with van der Waals surface area (Å²) in [7, 11) is 0. The lowest BCUT2D eigenvalue weighted by atomic mass is 10.1. The zero-order valence-corrected chi connectivity index (χ0v) is 16.0. The Bertz CT molecular complexity index is 734.